The fourth-order valence-corrected chi connectivity index (χ4v) is 4.60. The highest BCUT2D eigenvalue weighted by atomic mass is 16.5. The van der Waals surface area contributed by atoms with Crippen molar-refractivity contribution in [3.8, 4) is 5.75 Å². The normalized spacial score (nSPS) is 17.5. The van der Waals surface area contributed by atoms with E-state index in [2.05, 4.69) is 25.8 Å². The van der Waals surface area contributed by atoms with E-state index in [9.17, 15) is 14.7 Å². The minimum Gasteiger partial charge on any atom is -0.507 e. The molecule has 0 saturated carbocycles. The maximum absolute atomic E-state index is 13.5. The number of benzene rings is 2. The topological polar surface area (TPSA) is 79.7 Å². The minimum absolute atomic E-state index is 0.0172. The summed E-state index contributed by atoms with van der Waals surface area (Å²) in [5.41, 5.74) is 4.09. The van der Waals surface area contributed by atoms with Gasteiger partial charge in [0.25, 0.3) is 11.7 Å². The summed E-state index contributed by atoms with van der Waals surface area (Å²) in [5.74, 6) is -0.942. The van der Waals surface area contributed by atoms with E-state index in [0.29, 0.717) is 23.6 Å². The zero-order chi connectivity index (χ0) is 26.2. The average molecular weight is 485 g/mol. The standard InChI is InChI=1S/C30H32N2O4/c1-7-36-24-15-14-20(17-21(24)30(4,5)6)27(33)25-26(22-12-8-9-16-31-22)32(29(35)28(25)34)23-13-10-11-18(2)19(23)3/h8-17,26,33H,7H2,1-6H3/b27-25-. The smallest absolute Gasteiger partial charge is 0.300 e. The molecule has 6 heteroatoms. The van der Waals surface area contributed by atoms with Crippen molar-refractivity contribution >= 4 is 23.1 Å². The van der Waals surface area contributed by atoms with Crippen LogP contribution in [0.15, 0.2) is 66.4 Å². The summed E-state index contributed by atoms with van der Waals surface area (Å²) in [7, 11) is 0. The molecule has 3 aromatic rings. The van der Waals surface area contributed by atoms with Crippen molar-refractivity contribution in [1.29, 1.82) is 0 Å². The molecule has 0 bridgehead atoms. The van der Waals surface area contributed by atoms with Crippen LogP contribution in [-0.4, -0.2) is 28.4 Å². The molecular weight excluding hydrogens is 452 g/mol. The van der Waals surface area contributed by atoms with Crippen LogP contribution in [0, 0.1) is 13.8 Å². The lowest BCUT2D eigenvalue weighted by atomic mass is 9.84. The van der Waals surface area contributed by atoms with Gasteiger partial charge in [-0.05, 0) is 73.7 Å². The van der Waals surface area contributed by atoms with Crippen molar-refractivity contribution in [2.45, 2.75) is 53.0 Å². The predicted octanol–water partition coefficient (Wildman–Crippen LogP) is 6.02. The number of hydrogen-bond acceptors (Lipinski definition) is 5. The van der Waals surface area contributed by atoms with E-state index in [1.165, 1.54) is 4.90 Å². The second-order valence-corrected chi connectivity index (χ2v) is 10.0. The number of rotatable bonds is 5. The summed E-state index contributed by atoms with van der Waals surface area (Å²) < 4.78 is 5.81. The van der Waals surface area contributed by atoms with Gasteiger partial charge in [-0.15, -0.1) is 0 Å². The number of carbonyl (C=O) groups excluding carboxylic acids is 2. The van der Waals surface area contributed by atoms with Crippen LogP contribution in [0.1, 0.15) is 61.7 Å². The van der Waals surface area contributed by atoms with Crippen molar-refractivity contribution in [2.24, 2.45) is 0 Å². The summed E-state index contributed by atoms with van der Waals surface area (Å²) in [6.45, 7) is 12.5. The summed E-state index contributed by atoms with van der Waals surface area (Å²) in [6, 6.07) is 15.5. The molecule has 2 heterocycles. The zero-order valence-electron chi connectivity index (χ0n) is 21.6. The molecule has 1 atom stereocenters. The first-order valence-corrected chi connectivity index (χ1v) is 12.1. The fourth-order valence-electron chi connectivity index (χ4n) is 4.60. The summed E-state index contributed by atoms with van der Waals surface area (Å²) in [4.78, 5) is 32.8. The Morgan fingerprint density at radius 2 is 1.81 bits per heavy atom. The van der Waals surface area contributed by atoms with E-state index in [0.717, 1.165) is 22.4 Å². The van der Waals surface area contributed by atoms with Crippen LogP contribution in [0.3, 0.4) is 0 Å². The molecule has 0 spiro atoms. The van der Waals surface area contributed by atoms with Gasteiger partial charge in [-0.25, -0.2) is 0 Å². The number of ketones is 1. The molecule has 186 valence electrons. The van der Waals surface area contributed by atoms with Crippen molar-refractivity contribution in [3.05, 3.63) is 94.3 Å². The van der Waals surface area contributed by atoms with Gasteiger partial charge in [0, 0.05) is 23.0 Å². The number of Topliss-reactive ketones (excluding diaryl/α,β-unsaturated/α-hetero) is 1. The molecule has 0 aliphatic carbocycles. The van der Waals surface area contributed by atoms with Crippen molar-refractivity contribution < 1.29 is 19.4 Å². The van der Waals surface area contributed by atoms with Crippen LogP contribution in [0.4, 0.5) is 5.69 Å². The number of anilines is 1. The van der Waals surface area contributed by atoms with E-state index < -0.39 is 17.7 Å². The van der Waals surface area contributed by atoms with Gasteiger partial charge in [-0.2, -0.15) is 0 Å². The highest BCUT2D eigenvalue weighted by molar-refractivity contribution is 6.51. The Hall–Kier alpha value is -3.93. The van der Waals surface area contributed by atoms with Gasteiger partial charge in [0.2, 0.25) is 0 Å². The Kier molecular flexibility index (Phi) is 6.72. The molecule has 6 nitrogen and oxygen atoms in total. The van der Waals surface area contributed by atoms with Crippen molar-refractivity contribution in [3.63, 3.8) is 0 Å². The Labute approximate surface area is 212 Å². The number of aliphatic hydroxyl groups is 1. The molecule has 1 amide bonds. The number of amides is 1. The van der Waals surface area contributed by atoms with Crippen LogP contribution < -0.4 is 9.64 Å². The van der Waals surface area contributed by atoms with E-state index in [-0.39, 0.29) is 16.7 Å². The highest BCUT2D eigenvalue weighted by Gasteiger charge is 2.48. The lowest BCUT2D eigenvalue weighted by Gasteiger charge is -2.27. The summed E-state index contributed by atoms with van der Waals surface area (Å²) in [6.07, 6.45) is 1.62. The van der Waals surface area contributed by atoms with Gasteiger partial charge < -0.3 is 9.84 Å². The molecule has 1 aromatic heterocycles. The Balaban J connectivity index is 1.96. The van der Waals surface area contributed by atoms with Crippen LogP contribution in [0.2, 0.25) is 0 Å². The average Bonchev–Trinajstić information content (AvgIpc) is 3.11. The van der Waals surface area contributed by atoms with Gasteiger partial charge in [0.05, 0.1) is 17.9 Å². The second kappa shape index (κ2) is 9.61. The molecule has 1 fully saturated rings. The van der Waals surface area contributed by atoms with Gasteiger partial charge in [-0.1, -0.05) is 39.0 Å². The first-order valence-electron chi connectivity index (χ1n) is 12.1. The van der Waals surface area contributed by atoms with E-state index in [1.807, 2.05) is 45.0 Å². The predicted molar refractivity (Wildman–Crippen MR) is 141 cm³/mol. The maximum atomic E-state index is 13.5. The molecule has 1 aliphatic rings. The third-order valence-corrected chi connectivity index (χ3v) is 6.61. The molecular formula is C30H32N2O4. The number of ether oxygens (including phenoxy) is 1. The summed E-state index contributed by atoms with van der Waals surface area (Å²) in [5, 5.41) is 11.6. The van der Waals surface area contributed by atoms with Gasteiger partial charge in [0.15, 0.2) is 0 Å². The number of aliphatic hydroxyl groups excluding tert-OH is 1. The van der Waals surface area contributed by atoms with Gasteiger partial charge in [0.1, 0.15) is 17.6 Å². The second-order valence-electron chi connectivity index (χ2n) is 10.0. The molecule has 1 aliphatic heterocycles. The fraction of sp³-hybridized carbons (Fsp3) is 0.300. The van der Waals surface area contributed by atoms with Crippen LogP contribution >= 0.6 is 0 Å². The van der Waals surface area contributed by atoms with Crippen LogP contribution in [0.25, 0.3) is 5.76 Å². The monoisotopic (exact) mass is 484 g/mol. The first kappa shape index (κ1) is 25.2. The number of aromatic nitrogens is 1. The molecule has 1 saturated heterocycles. The van der Waals surface area contributed by atoms with Gasteiger partial charge in [-0.3, -0.25) is 19.5 Å². The third kappa shape index (κ3) is 4.39. The van der Waals surface area contributed by atoms with E-state index >= 15 is 0 Å². The van der Waals surface area contributed by atoms with E-state index in [1.54, 1.807) is 36.5 Å². The molecule has 36 heavy (non-hydrogen) atoms. The minimum atomic E-state index is -0.864. The first-order chi connectivity index (χ1) is 17.1. The Bertz CT molecular complexity index is 1350. The Morgan fingerprint density at radius 3 is 2.44 bits per heavy atom. The van der Waals surface area contributed by atoms with Gasteiger partial charge >= 0.3 is 0 Å². The van der Waals surface area contributed by atoms with Crippen molar-refractivity contribution in [2.75, 3.05) is 11.5 Å². The zero-order valence-corrected chi connectivity index (χ0v) is 21.6. The molecule has 4 rings (SSSR count). The number of hydrogen-bond donors (Lipinski definition) is 1. The molecule has 1 N–H and O–H groups in total. The van der Waals surface area contributed by atoms with E-state index in [4.69, 9.17) is 4.74 Å². The molecule has 1 unspecified atom stereocenters. The number of aryl methyl sites for hydroxylation is 1. The van der Waals surface area contributed by atoms with Crippen molar-refractivity contribution in [1.82, 2.24) is 4.98 Å². The lowest BCUT2D eigenvalue weighted by Crippen LogP contribution is -2.30. The highest BCUT2D eigenvalue weighted by Crippen LogP contribution is 2.43. The Morgan fingerprint density at radius 1 is 1.06 bits per heavy atom. The largest absolute Gasteiger partial charge is 0.507 e. The lowest BCUT2D eigenvalue weighted by molar-refractivity contribution is -0.132. The number of pyridine rings is 1. The molecule has 0 radical (unpaired) electrons. The number of nitrogens with zero attached hydrogens (tertiary/aromatic N) is 2. The number of carbonyl (C=O) groups is 2. The third-order valence-electron chi connectivity index (χ3n) is 6.61. The molecule has 2 aromatic carbocycles. The maximum Gasteiger partial charge on any atom is 0.300 e. The van der Waals surface area contributed by atoms with Crippen LogP contribution in [0.5, 0.6) is 5.75 Å². The van der Waals surface area contributed by atoms with Crippen LogP contribution in [-0.2, 0) is 15.0 Å². The summed E-state index contributed by atoms with van der Waals surface area (Å²) >= 11 is 0. The quantitative estimate of drug-likeness (QED) is 0.272. The SMILES string of the molecule is CCOc1ccc(/C(O)=C2/C(=O)C(=O)N(c3cccc(C)c3C)C2c2ccccn2)cc1C(C)(C)C.